The van der Waals surface area contributed by atoms with Crippen molar-refractivity contribution in [1.82, 2.24) is 10.2 Å². The third-order valence-electron chi connectivity index (χ3n) is 7.94. The van der Waals surface area contributed by atoms with Gasteiger partial charge in [-0.2, -0.15) is 0 Å². The zero-order valence-corrected chi connectivity index (χ0v) is 20.7. The Kier molecular flexibility index (Phi) is 5.77. The predicted molar refractivity (Wildman–Crippen MR) is 133 cm³/mol. The summed E-state index contributed by atoms with van der Waals surface area (Å²) >= 11 is 0. The van der Waals surface area contributed by atoms with Crippen LogP contribution in [0.5, 0.6) is 0 Å². The normalized spacial score (nSPS) is 25.2. The summed E-state index contributed by atoms with van der Waals surface area (Å²) in [5, 5.41) is 6.16. The first-order chi connectivity index (χ1) is 16.5. The molecule has 0 saturated heterocycles. The van der Waals surface area contributed by atoms with Crippen LogP contribution >= 0.6 is 0 Å². The van der Waals surface area contributed by atoms with Crippen molar-refractivity contribution in [3.8, 4) is 0 Å². The van der Waals surface area contributed by atoms with Gasteiger partial charge in [-0.15, -0.1) is 0 Å². The maximum Gasteiger partial charge on any atom is 0.408 e. The molecular formula is C28H34FN3O3. The molecule has 0 spiro atoms. The van der Waals surface area contributed by atoms with Gasteiger partial charge in [0.2, 0.25) is 0 Å². The van der Waals surface area contributed by atoms with Crippen LogP contribution in [-0.2, 0) is 23.2 Å². The van der Waals surface area contributed by atoms with Crippen LogP contribution in [0.1, 0.15) is 76.0 Å². The number of carbonyl (C=O) groups is 2. The van der Waals surface area contributed by atoms with Gasteiger partial charge in [0.25, 0.3) is 0 Å². The summed E-state index contributed by atoms with van der Waals surface area (Å²) in [6, 6.07) is 12.7. The molecule has 4 aliphatic rings. The summed E-state index contributed by atoms with van der Waals surface area (Å²) in [6.07, 6.45) is 5.59. The van der Waals surface area contributed by atoms with Gasteiger partial charge in [0.15, 0.2) is 0 Å². The molecule has 186 valence electrons. The molecular weight excluding hydrogens is 445 g/mol. The van der Waals surface area contributed by atoms with Crippen molar-refractivity contribution in [2.24, 2.45) is 0 Å². The van der Waals surface area contributed by atoms with Crippen LogP contribution in [0.2, 0.25) is 0 Å². The summed E-state index contributed by atoms with van der Waals surface area (Å²) in [6.45, 7) is 6.55. The van der Waals surface area contributed by atoms with E-state index in [1.807, 2.05) is 32.9 Å². The first-order valence-corrected chi connectivity index (χ1v) is 12.5. The molecule has 1 heterocycles. The van der Waals surface area contributed by atoms with Crippen molar-refractivity contribution >= 4 is 17.8 Å². The van der Waals surface area contributed by atoms with Gasteiger partial charge in [-0.1, -0.05) is 18.2 Å². The number of rotatable bonds is 3. The standard InChI is InChI=1S/C28H34FN3O3/c1-26(2,3)35-25(34)31-28-13-10-27(11-14-28,12-15-28)21-5-8-23(9-6-21)30-24(33)32-17-19-4-7-22(29)16-20(19)18-32/h4-9,16H,10-15,17-18H2,1-3H3,(H,30,33)(H,31,34). The van der Waals surface area contributed by atoms with Gasteiger partial charge < -0.3 is 20.3 Å². The number of hydrogen-bond donors (Lipinski definition) is 2. The number of halogens is 1. The number of ether oxygens (including phenoxy) is 1. The Bertz CT molecular complexity index is 1110. The number of fused-ring (bicyclic) bond motifs is 4. The third-order valence-corrected chi connectivity index (χ3v) is 7.94. The fourth-order valence-electron chi connectivity index (χ4n) is 5.94. The highest BCUT2D eigenvalue weighted by atomic mass is 19.1. The molecule has 0 atom stereocenters. The number of urea groups is 1. The van der Waals surface area contributed by atoms with E-state index in [-0.39, 0.29) is 28.9 Å². The van der Waals surface area contributed by atoms with E-state index in [0.717, 1.165) is 55.3 Å². The Labute approximate surface area is 206 Å². The van der Waals surface area contributed by atoms with E-state index in [2.05, 4.69) is 22.8 Å². The minimum absolute atomic E-state index is 0.126. The minimum atomic E-state index is -0.498. The highest BCUT2D eigenvalue weighted by molar-refractivity contribution is 5.89. The zero-order chi connectivity index (χ0) is 24.8. The Morgan fingerprint density at radius 3 is 2.17 bits per heavy atom. The molecule has 35 heavy (non-hydrogen) atoms. The maximum absolute atomic E-state index is 13.5. The lowest BCUT2D eigenvalue weighted by molar-refractivity contribution is 0.0259. The summed E-state index contributed by atoms with van der Waals surface area (Å²) in [4.78, 5) is 26.8. The van der Waals surface area contributed by atoms with E-state index in [0.29, 0.717) is 13.1 Å². The smallest absolute Gasteiger partial charge is 0.408 e. The van der Waals surface area contributed by atoms with Crippen LogP contribution in [0.25, 0.3) is 0 Å². The summed E-state index contributed by atoms with van der Waals surface area (Å²) < 4.78 is 19.0. The van der Waals surface area contributed by atoms with Gasteiger partial charge in [-0.05, 0) is 106 Å². The summed E-state index contributed by atoms with van der Waals surface area (Å²) in [5.41, 5.74) is 3.37. The lowest BCUT2D eigenvalue weighted by Gasteiger charge is -2.54. The Hall–Kier alpha value is -3.09. The van der Waals surface area contributed by atoms with Crippen LogP contribution in [0.3, 0.4) is 0 Å². The largest absolute Gasteiger partial charge is 0.444 e. The van der Waals surface area contributed by atoms with Crippen molar-refractivity contribution < 1.29 is 18.7 Å². The average Bonchev–Trinajstić information content (AvgIpc) is 3.23. The Balaban J connectivity index is 1.18. The molecule has 3 amide bonds. The number of nitrogens with one attached hydrogen (secondary N) is 2. The van der Waals surface area contributed by atoms with Gasteiger partial charge in [-0.25, -0.2) is 14.0 Å². The van der Waals surface area contributed by atoms with Gasteiger partial charge in [0.1, 0.15) is 11.4 Å². The third kappa shape index (κ3) is 4.86. The first kappa shape index (κ1) is 23.6. The molecule has 0 radical (unpaired) electrons. The van der Waals surface area contributed by atoms with Crippen LogP contribution < -0.4 is 10.6 Å². The molecule has 2 N–H and O–H groups in total. The highest BCUT2D eigenvalue weighted by Gasteiger charge is 2.50. The van der Waals surface area contributed by atoms with Crippen LogP contribution in [0.4, 0.5) is 19.7 Å². The van der Waals surface area contributed by atoms with E-state index in [1.165, 1.54) is 17.7 Å². The van der Waals surface area contributed by atoms with Gasteiger partial charge >= 0.3 is 12.1 Å². The Morgan fingerprint density at radius 2 is 1.54 bits per heavy atom. The second kappa shape index (κ2) is 8.54. The number of hydrogen-bond acceptors (Lipinski definition) is 3. The van der Waals surface area contributed by atoms with Crippen molar-refractivity contribution in [2.75, 3.05) is 5.32 Å². The number of benzene rings is 2. The minimum Gasteiger partial charge on any atom is -0.444 e. The molecule has 2 aromatic rings. The van der Waals surface area contributed by atoms with Crippen LogP contribution in [0.15, 0.2) is 42.5 Å². The molecule has 2 bridgehead atoms. The van der Waals surface area contributed by atoms with Crippen molar-refractivity contribution in [1.29, 1.82) is 0 Å². The van der Waals surface area contributed by atoms with Gasteiger partial charge in [0.05, 0.1) is 0 Å². The first-order valence-electron chi connectivity index (χ1n) is 12.5. The number of amides is 3. The predicted octanol–water partition coefficient (Wildman–Crippen LogP) is 6.24. The molecule has 0 aromatic heterocycles. The summed E-state index contributed by atoms with van der Waals surface area (Å²) in [5.74, 6) is -0.274. The molecule has 7 heteroatoms. The number of carbonyl (C=O) groups excluding carboxylic acids is 2. The van der Waals surface area contributed by atoms with E-state index in [1.54, 1.807) is 11.0 Å². The average molecular weight is 480 g/mol. The fourth-order valence-corrected chi connectivity index (χ4v) is 5.94. The Morgan fingerprint density at radius 1 is 0.914 bits per heavy atom. The van der Waals surface area contributed by atoms with E-state index in [4.69, 9.17) is 4.74 Å². The van der Waals surface area contributed by atoms with E-state index >= 15 is 0 Å². The molecule has 3 fully saturated rings. The molecule has 2 aromatic carbocycles. The molecule has 1 aliphatic heterocycles. The molecule has 6 nitrogen and oxygen atoms in total. The quantitative estimate of drug-likeness (QED) is 0.547. The second-order valence-electron chi connectivity index (χ2n) is 11.5. The summed E-state index contributed by atoms with van der Waals surface area (Å²) in [7, 11) is 0. The van der Waals surface area contributed by atoms with Crippen LogP contribution in [0, 0.1) is 5.82 Å². The zero-order valence-electron chi connectivity index (χ0n) is 20.7. The highest BCUT2D eigenvalue weighted by Crippen LogP contribution is 2.53. The number of anilines is 1. The second-order valence-corrected chi connectivity index (χ2v) is 11.5. The van der Waals surface area contributed by atoms with E-state index in [9.17, 15) is 14.0 Å². The van der Waals surface area contributed by atoms with Crippen LogP contribution in [-0.4, -0.2) is 28.2 Å². The monoisotopic (exact) mass is 479 g/mol. The SMILES string of the molecule is CC(C)(C)OC(=O)NC12CCC(c3ccc(NC(=O)N4Cc5ccc(F)cc5C4)cc3)(CC1)CC2. The lowest BCUT2D eigenvalue weighted by atomic mass is 9.55. The molecule has 6 rings (SSSR count). The van der Waals surface area contributed by atoms with Crippen molar-refractivity contribution in [3.05, 3.63) is 65.0 Å². The lowest BCUT2D eigenvalue weighted by Crippen LogP contribution is -2.58. The molecule has 3 saturated carbocycles. The van der Waals surface area contributed by atoms with Gasteiger partial charge in [0, 0.05) is 24.3 Å². The van der Waals surface area contributed by atoms with Crippen molar-refractivity contribution in [3.63, 3.8) is 0 Å². The maximum atomic E-state index is 13.5. The topological polar surface area (TPSA) is 70.7 Å². The van der Waals surface area contributed by atoms with E-state index < -0.39 is 5.60 Å². The number of nitrogens with zero attached hydrogens (tertiary/aromatic N) is 1. The van der Waals surface area contributed by atoms with Crippen molar-refractivity contribution in [2.45, 2.75) is 88.9 Å². The molecule has 3 aliphatic carbocycles. The molecule has 0 unspecified atom stereocenters. The van der Waals surface area contributed by atoms with Gasteiger partial charge in [-0.3, -0.25) is 0 Å². The fraction of sp³-hybridized carbons (Fsp3) is 0.500. The number of alkyl carbamates (subject to hydrolysis) is 1.